The summed E-state index contributed by atoms with van der Waals surface area (Å²) in [7, 11) is 0. The molecule has 1 spiro atoms. The molecule has 3 heterocycles. The van der Waals surface area contributed by atoms with Gasteiger partial charge in [0.2, 0.25) is 5.89 Å². The van der Waals surface area contributed by atoms with Gasteiger partial charge in [0.1, 0.15) is 11.7 Å². The summed E-state index contributed by atoms with van der Waals surface area (Å²) in [5.41, 5.74) is 3.47. The van der Waals surface area contributed by atoms with Crippen LogP contribution in [0.1, 0.15) is 75.2 Å². The monoisotopic (exact) mass is 463 g/mol. The number of pyridine rings is 1. The molecular formula is C20H23F6N5O. The van der Waals surface area contributed by atoms with Crippen LogP contribution in [0.3, 0.4) is 0 Å². The lowest BCUT2D eigenvalue weighted by molar-refractivity contribution is -0.156. The highest BCUT2D eigenvalue weighted by molar-refractivity contribution is 5.71. The molecule has 3 N–H and O–H groups in total. The molecule has 2 aromatic heterocycles. The largest absolute Gasteiger partial charge is 0.420 e. The third-order valence-corrected chi connectivity index (χ3v) is 6.29. The number of fused-ring (bicyclic) bond motifs is 5. The Labute approximate surface area is 180 Å². The van der Waals surface area contributed by atoms with E-state index in [1.54, 1.807) is 0 Å². The van der Waals surface area contributed by atoms with E-state index >= 15 is 0 Å². The minimum atomic E-state index is -4.73. The van der Waals surface area contributed by atoms with E-state index in [-0.39, 0.29) is 18.5 Å². The number of hydrogen-bond acceptors (Lipinski definition) is 6. The van der Waals surface area contributed by atoms with Crippen LogP contribution >= 0.6 is 0 Å². The minimum Gasteiger partial charge on any atom is -0.419 e. The van der Waals surface area contributed by atoms with Gasteiger partial charge in [-0.05, 0) is 31.7 Å². The molecule has 0 amide bonds. The third kappa shape index (κ3) is 4.49. The van der Waals surface area contributed by atoms with Crippen LogP contribution in [0.5, 0.6) is 0 Å². The summed E-state index contributed by atoms with van der Waals surface area (Å²) in [5.74, 6) is -3.47. The van der Waals surface area contributed by atoms with Crippen LogP contribution in [0.4, 0.5) is 37.8 Å². The summed E-state index contributed by atoms with van der Waals surface area (Å²) in [4.78, 5) is 4.04. The summed E-state index contributed by atoms with van der Waals surface area (Å²) in [6.45, 7) is 0. The van der Waals surface area contributed by atoms with Gasteiger partial charge in [-0.2, -0.15) is 26.3 Å². The van der Waals surface area contributed by atoms with Crippen LogP contribution in [-0.4, -0.2) is 26.9 Å². The zero-order valence-electron chi connectivity index (χ0n) is 17.1. The first-order valence-electron chi connectivity index (χ1n) is 10.5. The van der Waals surface area contributed by atoms with E-state index in [9.17, 15) is 26.3 Å². The zero-order valence-corrected chi connectivity index (χ0v) is 17.1. The van der Waals surface area contributed by atoms with Gasteiger partial charge in [-0.25, -0.2) is 4.98 Å². The highest BCUT2D eigenvalue weighted by Gasteiger charge is 2.45. The van der Waals surface area contributed by atoms with Gasteiger partial charge >= 0.3 is 12.4 Å². The van der Waals surface area contributed by atoms with Crippen LogP contribution < -0.4 is 11.1 Å². The van der Waals surface area contributed by atoms with Crippen LogP contribution in [0.15, 0.2) is 10.5 Å². The van der Waals surface area contributed by atoms with Crippen molar-refractivity contribution < 1.29 is 30.8 Å². The maximum atomic E-state index is 13.8. The van der Waals surface area contributed by atoms with E-state index in [1.165, 1.54) is 0 Å². The summed E-state index contributed by atoms with van der Waals surface area (Å²) < 4.78 is 87.3. The van der Waals surface area contributed by atoms with Crippen molar-refractivity contribution in [3.63, 3.8) is 0 Å². The predicted octanol–water partition coefficient (Wildman–Crippen LogP) is 6.07. The van der Waals surface area contributed by atoms with Gasteiger partial charge in [-0.3, -0.25) is 0 Å². The number of aromatic nitrogens is 3. The normalized spacial score (nSPS) is 21.9. The van der Waals surface area contributed by atoms with Crippen LogP contribution in [0.2, 0.25) is 0 Å². The Kier molecular flexibility index (Phi) is 5.74. The predicted molar refractivity (Wildman–Crippen MR) is 104 cm³/mol. The molecular weight excluding hydrogens is 440 g/mol. The third-order valence-electron chi connectivity index (χ3n) is 6.29. The van der Waals surface area contributed by atoms with Gasteiger partial charge in [0, 0.05) is 5.54 Å². The molecule has 1 aliphatic heterocycles. The van der Waals surface area contributed by atoms with E-state index in [0.29, 0.717) is 38.2 Å². The lowest BCUT2D eigenvalue weighted by atomic mass is 9.89. The average Bonchev–Trinajstić information content (AvgIpc) is 3.33. The van der Waals surface area contributed by atoms with E-state index < -0.39 is 52.7 Å². The van der Waals surface area contributed by atoms with E-state index in [4.69, 9.17) is 10.2 Å². The fourth-order valence-corrected chi connectivity index (χ4v) is 4.64. The zero-order chi connectivity index (χ0) is 23.1. The van der Waals surface area contributed by atoms with Crippen molar-refractivity contribution in [3.8, 4) is 11.6 Å². The maximum Gasteiger partial charge on any atom is 0.420 e. The molecule has 6 nitrogen and oxygen atoms in total. The number of hydrogen-bond donors (Lipinski definition) is 2. The molecule has 4 bridgehead atoms. The van der Waals surface area contributed by atoms with E-state index in [2.05, 4.69) is 20.5 Å². The van der Waals surface area contributed by atoms with E-state index in [0.717, 1.165) is 12.8 Å². The Bertz CT molecular complexity index is 964. The summed E-state index contributed by atoms with van der Waals surface area (Å²) in [6, 6.07) is 0.713. The molecule has 1 fully saturated rings. The smallest absolute Gasteiger partial charge is 0.419 e. The molecule has 0 radical (unpaired) electrons. The number of alkyl halides is 6. The Balaban J connectivity index is 1.84. The lowest BCUT2D eigenvalue weighted by Crippen LogP contribution is -2.36. The second-order valence-corrected chi connectivity index (χ2v) is 8.57. The number of rotatable bonds is 0. The van der Waals surface area contributed by atoms with Crippen molar-refractivity contribution in [2.75, 3.05) is 11.1 Å². The highest BCUT2D eigenvalue weighted by Crippen LogP contribution is 2.44. The van der Waals surface area contributed by atoms with Gasteiger partial charge in [0.05, 0.1) is 11.3 Å². The van der Waals surface area contributed by atoms with Crippen molar-refractivity contribution >= 4 is 11.5 Å². The molecule has 2 aromatic rings. The topological polar surface area (TPSA) is 89.9 Å². The van der Waals surface area contributed by atoms with Crippen molar-refractivity contribution in [1.29, 1.82) is 0 Å². The molecule has 2 aliphatic rings. The number of nitrogens with two attached hydrogens (primary N) is 1. The second kappa shape index (κ2) is 8.11. The Hall–Kier alpha value is -2.53. The summed E-state index contributed by atoms with van der Waals surface area (Å²) in [6.07, 6.45) is -4.64. The molecule has 1 aliphatic carbocycles. The van der Waals surface area contributed by atoms with Crippen molar-refractivity contribution in [2.45, 2.75) is 81.6 Å². The fourth-order valence-electron chi connectivity index (χ4n) is 4.64. The number of nitrogens with zero attached hydrogens (tertiary/aromatic N) is 3. The molecule has 4 rings (SSSR count). The lowest BCUT2D eigenvalue weighted by Gasteiger charge is -2.32. The SMILES string of the molecule is Nc1cc(C(F)(F)F)c2nc1-c1nnc(o1)[C@H](C(F)(F)F)CCCCCC1(CCCC1)N2. The van der Waals surface area contributed by atoms with E-state index in [1.807, 2.05) is 0 Å². The second-order valence-electron chi connectivity index (χ2n) is 8.57. The molecule has 0 saturated heterocycles. The van der Waals surface area contributed by atoms with Crippen LogP contribution in [-0.2, 0) is 6.18 Å². The Morgan fingerprint density at radius 2 is 1.62 bits per heavy atom. The van der Waals surface area contributed by atoms with Crippen LogP contribution in [0.25, 0.3) is 11.6 Å². The summed E-state index contributed by atoms with van der Waals surface area (Å²) in [5, 5.41) is 10.2. The van der Waals surface area contributed by atoms with Crippen molar-refractivity contribution in [1.82, 2.24) is 15.2 Å². The average molecular weight is 463 g/mol. The molecule has 0 unspecified atom stereocenters. The molecule has 32 heavy (non-hydrogen) atoms. The van der Waals surface area contributed by atoms with Crippen molar-refractivity contribution in [3.05, 3.63) is 17.5 Å². The molecule has 0 aromatic carbocycles. The summed E-state index contributed by atoms with van der Waals surface area (Å²) >= 11 is 0. The maximum absolute atomic E-state index is 13.8. The van der Waals surface area contributed by atoms with Gasteiger partial charge in [0.15, 0.2) is 5.69 Å². The quantitative estimate of drug-likeness (QED) is 0.461. The number of halogens is 6. The van der Waals surface area contributed by atoms with Crippen LogP contribution in [0, 0.1) is 0 Å². The highest BCUT2D eigenvalue weighted by atomic mass is 19.4. The van der Waals surface area contributed by atoms with Gasteiger partial charge in [0.25, 0.3) is 5.89 Å². The standard InChI is InChI=1S/C20H23F6N5O/c21-19(22,23)11-6-2-1-3-7-18(8-4-5-9-18)29-15-12(20(24,25)26)10-13(27)14(28-15)17-31-30-16(11)32-17/h10-11H,1-9,27H2,(H,28,29)/t11-/m1/s1. The Morgan fingerprint density at radius 1 is 0.969 bits per heavy atom. The Morgan fingerprint density at radius 3 is 2.25 bits per heavy atom. The number of nitrogens with one attached hydrogen (secondary N) is 1. The molecule has 176 valence electrons. The van der Waals surface area contributed by atoms with Gasteiger partial charge < -0.3 is 15.5 Å². The van der Waals surface area contributed by atoms with Gasteiger partial charge in [-0.15, -0.1) is 10.2 Å². The molecule has 1 saturated carbocycles. The first-order chi connectivity index (χ1) is 15.0. The number of nitrogen functional groups attached to an aromatic ring is 1. The first kappa shape index (κ1) is 22.7. The molecule has 12 heteroatoms. The fraction of sp³-hybridized carbons (Fsp3) is 0.650. The van der Waals surface area contributed by atoms with Gasteiger partial charge in [-0.1, -0.05) is 32.1 Å². The van der Waals surface area contributed by atoms with Crippen molar-refractivity contribution in [2.24, 2.45) is 0 Å². The minimum absolute atomic E-state index is 0.216. The molecule has 1 atom stereocenters. The first-order valence-corrected chi connectivity index (χ1v) is 10.5. The number of anilines is 2.